The smallest absolute Gasteiger partial charge is 0.234 e. The van der Waals surface area contributed by atoms with E-state index < -0.39 is 0 Å². The Morgan fingerprint density at radius 1 is 1.21 bits per heavy atom. The molecule has 0 spiro atoms. The summed E-state index contributed by atoms with van der Waals surface area (Å²) in [5, 5.41) is 12.6. The molecule has 0 aliphatic carbocycles. The summed E-state index contributed by atoms with van der Waals surface area (Å²) in [6, 6.07) is 13.6. The monoisotopic (exact) mass is 412 g/mol. The molecular formula is C21H21ClN4OS. The van der Waals surface area contributed by atoms with E-state index in [4.69, 9.17) is 11.6 Å². The summed E-state index contributed by atoms with van der Waals surface area (Å²) in [7, 11) is 0. The fraction of sp³-hybridized carbons (Fsp3) is 0.190. The number of carbonyl (C=O) groups is 1. The number of nitrogens with zero attached hydrogens (tertiary/aromatic N) is 3. The van der Waals surface area contributed by atoms with E-state index in [1.807, 2.05) is 48.7 Å². The number of carbonyl (C=O) groups excluding carboxylic acids is 1. The molecule has 1 heterocycles. The second kappa shape index (κ2) is 9.08. The minimum Gasteiger partial charge on any atom is -0.324 e. The van der Waals surface area contributed by atoms with Gasteiger partial charge in [-0.3, -0.25) is 9.36 Å². The first-order valence-corrected chi connectivity index (χ1v) is 10.1. The molecule has 0 saturated carbocycles. The summed E-state index contributed by atoms with van der Waals surface area (Å²) in [4.78, 5) is 12.3. The van der Waals surface area contributed by atoms with Crippen LogP contribution in [0.15, 0.2) is 60.3 Å². The molecule has 1 aromatic heterocycles. The van der Waals surface area contributed by atoms with Crippen molar-refractivity contribution in [1.82, 2.24) is 14.8 Å². The van der Waals surface area contributed by atoms with Gasteiger partial charge in [-0.15, -0.1) is 16.8 Å². The van der Waals surface area contributed by atoms with Crippen molar-refractivity contribution in [2.75, 3.05) is 11.1 Å². The van der Waals surface area contributed by atoms with Crippen LogP contribution in [0.3, 0.4) is 0 Å². The number of halogens is 1. The van der Waals surface area contributed by atoms with Crippen molar-refractivity contribution in [3.05, 3.63) is 71.3 Å². The van der Waals surface area contributed by atoms with Gasteiger partial charge in [0.05, 0.1) is 16.5 Å². The average molecular weight is 413 g/mol. The topological polar surface area (TPSA) is 59.8 Å². The molecule has 5 nitrogen and oxygen atoms in total. The predicted octanol–water partition coefficient (Wildman–Crippen LogP) is 5.13. The second-order valence-electron chi connectivity index (χ2n) is 6.40. The number of aromatic nitrogens is 3. The van der Waals surface area contributed by atoms with E-state index in [9.17, 15) is 4.79 Å². The summed E-state index contributed by atoms with van der Waals surface area (Å²) in [6.45, 7) is 8.36. The Kier molecular flexibility index (Phi) is 6.54. The Morgan fingerprint density at radius 2 is 2.00 bits per heavy atom. The number of thioether (sulfide) groups is 1. The van der Waals surface area contributed by atoms with Gasteiger partial charge in [0.1, 0.15) is 0 Å². The number of aryl methyl sites for hydroxylation is 2. The van der Waals surface area contributed by atoms with E-state index in [0.29, 0.717) is 22.4 Å². The van der Waals surface area contributed by atoms with E-state index in [2.05, 4.69) is 28.2 Å². The fourth-order valence-corrected chi connectivity index (χ4v) is 3.75. The van der Waals surface area contributed by atoms with Gasteiger partial charge in [-0.25, -0.2) is 0 Å². The molecule has 7 heteroatoms. The largest absolute Gasteiger partial charge is 0.324 e. The van der Waals surface area contributed by atoms with Gasteiger partial charge < -0.3 is 5.32 Å². The second-order valence-corrected chi connectivity index (χ2v) is 7.74. The molecule has 144 valence electrons. The summed E-state index contributed by atoms with van der Waals surface area (Å²) < 4.78 is 1.96. The maximum Gasteiger partial charge on any atom is 0.234 e. The molecule has 0 aliphatic rings. The van der Waals surface area contributed by atoms with Crippen molar-refractivity contribution in [3.8, 4) is 11.4 Å². The van der Waals surface area contributed by atoms with E-state index in [1.54, 1.807) is 12.1 Å². The quantitative estimate of drug-likeness (QED) is 0.431. The van der Waals surface area contributed by atoms with Crippen molar-refractivity contribution in [2.24, 2.45) is 0 Å². The Balaban J connectivity index is 1.73. The van der Waals surface area contributed by atoms with Gasteiger partial charge in [-0.05, 0) is 37.6 Å². The molecular weight excluding hydrogens is 392 g/mol. The molecule has 1 amide bonds. The van der Waals surface area contributed by atoms with Crippen LogP contribution in [-0.2, 0) is 11.3 Å². The van der Waals surface area contributed by atoms with Gasteiger partial charge >= 0.3 is 0 Å². The van der Waals surface area contributed by atoms with Crippen molar-refractivity contribution in [2.45, 2.75) is 25.5 Å². The third-order valence-corrected chi connectivity index (χ3v) is 5.32. The van der Waals surface area contributed by atoms with Gasteiger partial charge in [0.25, 0.3) is 0 Å². The zero-order valence-corrected chi connectivity index (χ0v) is 17.3. The fourth-order valence-electron chi connectivity index (χ4n) is 2.72. The Morgan fingerprint density at radius 3 is 2.71 bits per heavy atom. The minimum absolute atomic E-state index is 0.152. The lowest BCUT2D eigenvalue weighted by molar-refractivity contribution is -0.113. The van der Waals surface area contributed by atoms with Crippen LogP contribution >= 0.6 is 23.4 Å². The molecule has 2 aromatic carbocycles. The van der Waals surface area contributed by atoms with Crippen LogP contribution in [0.2, 0.25) is 5.02 Å². The predicted molar refractivity (Wildman–Crippen MR) is 116 cm³/mol. The number of hydrogen-bond donors (Lipinski definition) is 1. The number of amides is 1. The maximum atomic E-state index is 12.3. The molecule has 3 aromatic rings. The first-order chi connectivity index (χ1) is 13.5. The normalized spacial score (nSPS) is 10.7. The lowest BCUT2D eigenvalue weighted by Crippen LogP contribution is -2.15. The average Bonchev–Trinajstić information content (AvgIpc) is 3.05. The summed E-state index contributed by atoms with van der Waals surface area (Å²) >= 11 is 7.51. The van der Waals surface area contributed by atoms with E-state index >= 15 is 0 Å². The third kappa shape index (κ3) is 4.82. The van der Waals surface area contributed by atoms with Crippen LogP contribution in [-0.4, -0.2) is 26.4 Å². The highest BCUT2D eigenvalue weighted by Gasteiger charge is 2.15. The van der Waals surface area contributed by atoms with Crippen molar-refractivity contribution < 1.29 is 4.79 Å². The number of rotatable bonds is 7. The molecule has 28 heavy (non-hydrogen) atoms. The zero-order chi connectivity index (χ0) is 20.1. The zero-order valence-electron chi connectivity index (χ0n) is 15.8. The van der Waals surface area contributed by atoms with E-state index in [-0.39, 0.29) is 11.7 Å². The van der Waals surface area contributed by atoms with Crippen molar-refractivity contribution >= 4 is 35.0 Å². The Labute approximate surface area is 173 Å². The van der Waals surface area contributed by atoms with Gasteiger partial charge in [0.2, 0.25) is 5.91 Å². The lowest BCUT2D eigenvalue weighted by Gasteiger charge is -2.09. The van der Waals surface area contributed by atoms with Gasteiger partial charge in [-0.2, -0.15) is 0 Å². The molecule has 0 radical (unpaired) electrons. The first-order valence-electron chi connectivity index (χ1n) is 8.78. The Hall–Kier alpha value is -2.57. The van der Waals surface area contributed by atoms with Gasteiger partial charge in [-0.1, -0.05) is 59.3 Å². The summed E-state index contributed by atoms with van der Waals surface area (Å²) in [5.41, 5.74) is 3.77. The van der Waals surface area contributed by atoms with Crippen molar-refractivity contribution in [3.63, 3.8) is 0 Å². The third-order valence-electron chi connectivity index (χ3n) is 4.04. The van der Waals surface area contributed by atoms with Crippen LogP contribution in [0.25, 0.3) is 11.4 Å². The maximum absolute atomic E-state index is 12.3. The van der Waals surface area contributed by atoms with Gasteiger partial charge in [0, 0.05) is 12.1 Å². The summed E-state index contributed by atoms with van der Waals surface area (Å²) in [5.74, 6) is 0.807. The van der Waals surface area contributed by atoms with Crippen molar-refractivity contribution in [1.29, 1.82) is 0 Å². The minimum atomic E-state index is -0.152. The molecule has 0 bridgehead atoms. The number of anilines is 1. The number of allylic oxidation sites excluding steroid dienone is 1. The highest BCUT2D eigenvalue weighted by Crippen LogP contribution is 2.26. The molecule has 0 aliphatic heterocycles. The number of nitrogens with one attached hydrogen (secondary N) is 1. The lowest BCUT2D eigenvalue weighted by atomic mass is 10.1. The molecule has 0 fully saturated rings. The van der Waals surface area contributed by atoms with Crippen LogP contribution in [0, 0.1) is 13.8 Å². The highest BCUT2D eigenvalue weighted by atomic mass is 35.5. The summed E-state index contributed by atoms with van der Waals surface area (Å²) in [6.07, 6.45) is 1.79. The first kappa shape index (κ1) is 20.2. The molecule has 3 rings (SSSR count). The SMILES string of the molecule is C=CCn1c(SCC(=O)Nc2ccc(C)cc2Cl)nnc1-c1cccc(C)c1. The highest BCUT2D eigenvalue weighted by molar-refractivity contribution is 7.99. The van der Waals surface area contributed by atoms with E-state index in [0.717, 1.165) is 22.5 Å². The Bertz CT molecular complexity index is 1020. The molecule has 0 unspecified atom stereocenters. The van der Waals surface area contributed by atoms with Crippen LogP contribution < -0.4 is 5.32 Å². The number of benzene rings is 2. The standard InChI is InChI=1S/C21H21ClN4OS/c1-4-10-26-20(16-7-5-6-14(2)11-16)24-25-21(26)28-13-19(27)23-18-9-8-15(3)12-17(18)22/h4-9,11-12H,1,10,13H2,2-3H3,(H,23,27). The van der Waals surface area contributed by atoms with Gasteiger partial charge in [0.15, 0.2) is 11.0 Å². The molecule has 1 N–H and O–H groups in total. The van der Waals surface area contributed by atoms with Crippen LogP contribution in [0.1, 0.15) is 11.1 Å². The van der Waals surface area contributed by atoms with E-state index in [1.165, 1.54) is 11.8 Å². The van der Waals surface area contributed by atoms with Crippen LogP contribution in [0.4, 0.5) is 5.69 Å². The number of hydrogen-bond acceptors (Lipinski definition) is 4. The molecule has 0 atom stereocenters. The molecule has 0 saturated heterocycles. The van der Waals surface area contributed by atoms with Crippen LogP contribution in [0.5, 0.6) is 0 Å².